The van der Waals surface area contributed by atoms with Gasteiger partial charge in [0, 0.05) is 6.07 Å². The largest absolute Gasteiger partial charge is 0.497 e. The zero-order valence-electron chi connectivity index (χ0n) is 15.5. The number of anilines is 1. The van der Waals surface area contributed by atoms with E-state index in [0.717, 1.165) is 5.56 Å². The Kier molecular flexibility index (Phi) is 6.80. The van der Waals surface area contributed by atoms with Crippen molar-refractivity contribution in [2.24, 2.45) is 10.7 Å². The highest BCUT2D eigenvalue weighted by Gasteiger charge is 2.15. The van der Waals surface area contributed by atoms with Crippen molar-refractivity contribution in [3.05, 3.63) is 53.8 Å². The van der Waals surface area contributed by atoms with Gasteiger partial charge in [-0.05, 0) is 43.9 Å². The van der Waals surface area contributed by atoms with Gasteiger partial charge >= 0.3 is 0 Å². The van der Waals surface area contributed by atoms with Gasteiger partial charge in [0.05, 0.1) is 32.5 Å². The fraction of sp³-hybridized carbons (Fsp3) is 0.316. The van der Waals surface area contributed by atoms with Crippen LogP contribution < -0.4 is 20.5 Å². The van der Waals surface area contributed by atoms with Crippen LogP contribution in [0.4, 0.5) is 10.1 Å². The molecule has 0 aliphatic rings. The summed E-state index contributed by atoms with van der Waals surface area (Å²) in [5.74, 6) is 1.26. The smallest absolute Gasteiger partial charge is 0.193 e. The minimum absolute atomic E-state index is 0.0988. The minimum Gasteiger partial charge on any atom is -0.497 e. The van der Waals surface area contributed by atoms with Crippen LogP contribution in [-0.2, 0) is 0 Å². The molecule has 2 aromatic carbocycles. The van der Waals surface area contributed by atoms with Crippen molar-refractivity contribution in [2.75, 3.05) is 40.2 Å². The molecule has 0 bridgehead atoms. The van der Waals surface area contributed by atoms with E-state index in [0.29, 0.717) is 23.7 Å². The summed E-state index contributed by atoms with van der Waals surface area (Å²) in [6.07, 6.45) is 0. The van der Waals surface area contributed by atoms with Crippen LogP contribution in [0, 0.1) is 5.82 Å². The van der Waals surface area contributed by atoms with Gasteiger partial charge in [0.15, 0.2) is 5.96 Å². The van der Waals surface area contributed by atoms with Crippen LogP contribution in [0.25, 0.3) is 0 Å². The Morgan fingerprint density at radius 2 is 1.96 bits per heavy atom. The Balaban J connectivity index is 2.15. The monoisotopic (exact) mass is 360 g/mol. The van der Waals surface area contributed by atoms with E-state index < -0.39 is 0 Å². The Hall–Kier alpha value is -2.80. The number of hydrogen-bond donors (Lipinski definition) is 2. The molecule has 0 aromatic heterocycles. The molecule has 2 aromatic rings. The molecule has 0 saturated heterocycles. The quantitative estimate of drug-likeness (QED) is 0.587. The summed E-state index contributed by atoms with van der Waals surface area (Å²) in [6.45, 7) is 0.377. The van der Waals surface area contributed by atoms with Crippen LogP contribution in [0.2, 0.25) is 0 Å². The Morgan fingerprint density at radius 3 is 2.58 bits per heavy atom. The van der Waals surface area contributed by atoms with Gasteiger partial charge in [0.1, 0.15) is 17.3 Å². The SMILES string of the molecule is COc1ccc(OC)c(NC(N)=NCC(c2cccc(F)c2)N(C)C)c1. The lowest BCUT2D eigenvalue weighted by atomic mass is 10.1. The highest BCUT2D eigenvalue weighted by atomic mass is 19.1. The van der Waals surface area contributed by atoms with E-state index in [1.165, 1.54) is 12.1 Å². The molecular formula is C19H25FN4O2. The summed E-state index contributed by atoms with van der Waals surface area (Å²) >= 11 is 0. The number of aliphatic imine (C=N–C) groups is 1. The van der Waals surface area contributed by atoms with Crippen LogP contribution in [-0.4, -0.2) is 45.7 Å². The number of likely N-dealkylation sites (N-methyl/N-ethyl adjacent to an activating group) is 1. The van der Waals surface area contributed by atoms with E-state index in [1.54, 1.807) is 38.5 Å². The number of halogens is 1. The molecule has 0 aliphatic carbocycles. The molecule has 1 atom stereocenters. The Bertz CT molecular complexity index is 765. The van der Waals surface area contributed by atoms with Crippen molar-refractivity contribution in [3.63, 3.8) is 0 Å². The summed E-state index contributed by atoms with van der Waals surface area (Å²) in [7, 11) is 7.00. The molecule has 3 N–H and O–H groups in total. The average molecular weight is 360 g/mol. The number of nitrogens with two attached hydrogens (primary N) is 1. The van der Waals surface area contributed by atoms with Crippen molar-refractivity contribution < 1.29 is 13.9 Å². The summed E-state index contributed by atoms with van der Waals surface area (Å²) in [5.41, 5.74) is 7.52. The minimum atomic E-state index is -0.273. The number of rotatable bonds is 7. The highest BCUT2D eigenvalue weighted by Crippen LogP contribution is 2.28. The first-order valence-corrected chi connectivity index (χ1v) is 8.15. The molecule has 0 saturated carbocycles. The topological polar surface area (TPSA) is 72.1 Å². The second-order valence-corrected chi connectivity index (χ2v) is 5.95. The van der Waals surface area contributed by atoms with E-state index in [-0.39, 0.29) is 17.8 Å². The number of ether oxygens (including phenoxy) is 2. The molecule has 0 radical (unpaired) electrons. The number of nitrogens with zero attached hydrogens (tertiary/aromatic N) is 2. The van der Waals surface area contributed by atoms with Crippen LogP contribution >= 0.6 is 0 Å². The first kappa shape index (κ1) is 19.5. The maximum atomic E-state index is 13.5. The average Bonchev–Trinajstić information content (AvgIpc) is 2.61. The van der Waals surface area contributed by atoms with Crippen molar-refractivity contribution in [3.8, 4) is 11.5 Å². The number of benzene rings is 2. The number of nitrogens with one attached hydrogen (secondary N) is 1. The van der Waals surface area contributed by atoms with E-state index in [1.807, 2.05) is 25.1 Å². The lowest BCUT2D eigenvalue weighted by Crippen LogP contribution is -2.27. The van der Waals surface area contributed by atoms with Crippen molar-refractivity contribution >= 4 is 11.6 Å². The van der Waals surface area contributed by atoms with E-state index in [4.69, 9.17) is 15.2 Å². The Labute approximate surface area is 153 Å². The summed E-state index contributed by atoms with van der Waals surface area (Å²) in [4.78, 5) is 6.37. The summed E-state index contributed by atoms with van der Waals surface area (Å²) < 4.78 is 24.0. The molecule has 140 valence electrons. The molecule has 7 heteroatoms. The third-order valence-corrected chi connectivity index (χ3v) is 3.96. The first-order chi connectivity index (χ1) is 12.4. The third-order valence-electron chi connectivity index (χ3n) is 3.96. The predicted molar refractivity (Wildman–Crippen MR) is 102 cm³/mol. The van der Waals surface area contributed by atoms with Crippen LogP contribution in [0.5, 0.6) is 11.5 Å². The van der Waals surface area contributed by atoms with Crippen LogP contribution in [0.3, 0.4) is 0 Å². The molecular weight excluding hydrogens is 335 g/mol. The fourth-order valence-electron chi connectivity index (χ4n) is 2.55. The third kappa shape index (κ3) is 5.10. The summed E-state index contributed by atoms with van der Waals surface area (Å²) in [5, 5.41) is 3.02. The zero-order valence-corrected chi connectivity index (χ0v) is 15.5. The molecule has 0 spiro atoms. The Morgan fingerprint density at radius 1 is 1.19 bits per heavy atom. The molecule has 0 heterocycles. The molecule has 0 aliphatic heterocycles. The van der Waals surface area contributed by atoms with Crippen LogP contribution in [0.15, 0.2) is 47.5 Å². The standard InChI is InChI=1S/C19H25FN4O2/c1-24(2)17(13-6-5-7-14(20)10-13)12-22-19(21)23-16-11-15(25-3)8-9-18(16)26-4/h5-11,17H,12H2,1-4H3,(H3,21,22,23). The van der Waals surface area contributed by atoms with Crippen molar-refractivity contribution in [1.82, 2.24) is 4.90 Å². The van der Waals surface area contributed by atoms with Crippen LogP contribution in [0.1, 0.15) is 11.6 Å². The van der Waals surface area contributed by atoms with Gasteiger partial charge in [-0.25, -0.2) is 4.39 Å². The fourth-order valence-corrected chi connectivity index (χ4v) is 2.55. The summed E-state index contributed by atoms with van der Waals surface area (Å²) in [6, 6.07) is 11.7. The first-order valence-electron chi connectivity index (χ1n) is 8.15. The highest BCUT2D eigenvalue weighted by molar-refractivity contribution is 5.94. The van der Waals surface area contributed by atoms with Crippen molar-refractivity contribution in [1.29, 1.82) is 0 Å². The van der Waals surface area contributed by atoms with E-state index >= 15 is 0 Å². The molecule has 2 rings (SSSR count). The van der Waals surface area contributed by atoms with Gasteiger partial charge in [-0.1, -0.05) is 12.1 Å². The van der Waals surface area contributed by atoms with Gasteiger partial charge in [0.2, 0.25) is 0 Å². The van der Waals surface area contributed by atoms with Gasteiger partial charge in [-0.15, -0.1) is 0 Å². The number of methoxy groups -OCH3 is 2. The zero-order chi connectivity index (χ0) is 19.1. The lowest BCUT2D eigenvalue weighted by Gasteiger charge is -2.23. The molecule has 6 nitrogen and oxygen atoms in total. The van der Waals surface area contributed by atoms with Crippen molar-refractivity contribution in [2.45, 2.75) is 6.04 Å². The van der Waals surface area contributed by atoms with Gasteiger partial charge in [-0.2, -0.15) is 0 Å². The maximum absolute atomic E-state index is 13.5. The second kappa shape index (κ2) is 9.05. The van der Waals surface area contributed by atoms with E-state index in [2.05, 4.69) is 10.3 Å². The maximum Gasteiger partial charge on any atom is 0.193 e. The predicted octanol–water partition coefficient (Wildman–Crippen LogP) is 2.87. The van der Waals surface area contributed by atoms with Gasteiger partial charge in [-0.3, -0.25) is 4.99 Å². The molecule has 0 amide bonds. The number of guanidine groups is 1. The molecule has 26 heavy (non-hydrogen) atoms. The molecule has 1 unspecified atom stereocenters. The normalized spacial score (nSPS) is 12.8. The van der Waals surface area contributed by atoms with Gasteiger partial charge < -0.3 is 25.4 Å². The lowest BCUT2D eigenvalue weighted by molar-refractivity contribution is 0.306. The molecule has 0 fully saturated rings. The number of hydrogen-bond acceptors (Lipinski definition) is 4. The van der Waals surface area contributed by atoms with Gasteiger partial charge in [0.25, 0.3) is 0 Å². The second-order valence-electron chi connectivity index (χ2n) is 5.95. The van der Waals surface area contributed by atoms with E-state index in [9.17, 15) is 4.39 Å².